The molecule has 2 aromatic heterocycles. The van der Waals surface area contributed by atoms with Crippen molar-refractivity contribution >= 4 is 60.5 Å². The third-order valence-corrected chi connectivity index (χ3v) is 6.41. The molecule has 0 unspecified atom stereocenters. The van der Waals surface area contributed by atoms with Crippen molar-refractivity contribution in [1.29, 1.82) is 0 Å². The second-order valence-corrected chi connectivity index (χ2v) is 9.00. The van der Waals surface area contributed by atoms with Crippen LogP contribution in [0.3, 0.4) is 0 Å². The van der Waals surface area contributed by atoms with Crippen molar-refractivity contribution in [2.75, 3.05) is 20.1 Å². The van der Waals surface area contributed by atoms with Crippen LogP contribution in [0.25, 0.3) is 10.1 Å². The molecule has 7 heteroatoms. The van der Waals surface area contributed by atoms with Crippen molar-refractivity contribution in [2.24, 2.45) is 0 Å². The van der Waals surface area contributed by atoms with E-state index in [1.165, 1.54) is 31.9 Å². The maximum atomic E-state index is 12.2. The molecule has 0 aliphatic heterocycles. The van der Waals surface area contributed by atoms with Gasteiger partial charge in [-0.15, -0.1) is 22.7 Å². The van der Waals surface area contributed by atoms with Crippen LogP contribution in [0.4, 0.5) is 0 Å². The van der Waals surface area contributed by atoms with E-state index >= 15 is 0 Å². The summed E-state index contributed by atoms with van der Waals surface area (Å²) in [4.78, 5) is 26.4. The van der Waals surface area contributed by atoms with Crippen LogP contribution in [-0.2, 0) is 11.2 Å². The molecule has 0 saturated carbocycles. The van der Waals surface area contributed by atoms with Crippen molar-refractivity contribution in [3.63, 3.8) is 0 Å². The molecule has 0 aliphatic rings. The lowest BCUT2D eigenvalue weighted by molar-refractivity contribution is -0.121. The number of hydrogen-bond donors (Lipinski definition) is 1. The van der Waals surface area contributed by atoms with Crippen LogP contribution < -0.4 is 5.32 Å². The molecule has 3 aromatic rings. The van der Waals surface area contributed by atoms with Gasteiger partial charge in [-0.1, -0.05) is 18.2 Å². The molecular formula is C18H17BrN2O2S2. The Balaban J connectivity index is 1.48. The molecule has 1 aromatic carbocycles. The average Bonchev–Trinajstić information content (AvgIpc) is 3.21. The largest absolute Gasteiger partial charge is 0.354 e. The fourth-order valence-corrected chi connectivity index (χ4v) is 4.90. The van der Waals surface area contributed by atoms with Crippen molar-refractivity contribution in [2.45, 2.75) is 6.42 Å². The number of nitrogens with one attached hydrogen (secondary N) is 1. The smallest absolute Gasteiger partial charge is 0.264 e. The number of nitrogens with zero attached hydrogens (tertiary/aromatic N) is 1. The third kappa shape index (κ3) is 4.48. The molecular weight excluding hydrogens is 420 g/mol. The Morgan fingerprint density at radius 1 is 1.20 bits per heavy atom. The van der Waals surface area contributed by atoms with E-state index < -0.39 is 0 Å². The first kappa shape index (κ1) is 18.1. The van der Waals surface area contributed by atoms with E-state index in [-0.39, 0.29) is 18.4 Å². The number of carbonyl (C=O) groups excluding carboxylic acids is 2. The van der Waals surface area contributed by atoms with Gasteiger partial charge in [0.15, 0.2) is 0 Å². The summed E-state index contributed by atoms with van der Waals surface area (Å²) >= 11 is 6.42. The Bertz CT molecular complexity index is 903. The Hall–Kier alpha value is -1.70. The third-order valence-electron chi connectivity index (χ3n) is 3.79. The summed E-state index contributed by atoms with van der Waals surface area (Å²) < 4.78 is 2.16. The molecule has 0 aliphatic carbocycles. The molecule has 0 fully saturated rings. The summed E-state index contributed by atoms with van der Waals surface area (Å²) in [6.45, 7) is 0.616. The highest BCUT2D eigenvalue weighted by atomic mass is 79.9. The van der Waals surface area contributed by atoms with Gasteiger partial charge in [0.1, 0.15) is 0 Å². The van der Waals surface area contributed by atoms with E-state index in [0.717, 1.165) is 10.2 Å². The zero-order valence-corrected chi connectivity index (χ0v) is 16.8. The number of carbonyl (C=O) groups is 2. The van der Waals surface area contributed by atoms with Crippen molar-refractivity contribution in [3.8, 4) is 0 Å². The van der Waals surface area contributed by atoms with Gasteiger partial charge in [0.2, 0.25) is 5.91 Å². The first-order valence-electron chi connectivity index (χ1n) is 7.77. The summed E-state index contributed by atoms with van der Waals surface area (Å²) in [5.74, 6) is -0.291. The number of rotatable bonds is 6. The fourth-order valence-electron chi connectivity index (χ4n) is 2.52. The Labute approximate surface area is 162 Å². The number of thiophene rings is 2. The predicted molar refractivity (Wildman–Crippen MR) is 108 cm³/mol. The predicted octanol–water partition coefficient (Wildman–Crippen LogP) is 4.16. The summed E-state index contributed by atoms with van der Waals surface area (Å²) in [7, 11) is 1.64. The highest BCUT2D eigenvalue weighted by Crippen LogP contribution is 2.25. The summed E-state index contributed by atoms with van der Waals surface area (Å²) in [5, 5.41) is 6.28. The molecule has 0 radical (unpaired) electrons. The Morgan fingerprint density at radius 3 is 2.76 bits per heavy atom. The van der Waals surface area contributed by atoms with Crippen molar-refractivity contribution in [3.05, 3.63) is 56.0 Å². The molecule has 2 amide bonds. The molecule has 2 heterocycles. The molecule has 0 spiro atoms. The average molecular weight is 437 g/mol. The standard InChI is InChI=1S/C18H17BrN2O2S2/c1-21(18(23)15-6-7-16(19)25-15)10-17(22)20-9-8-12-11-24-14-5-3-2-4-13(12)14/h2-7,11H,8-10H2,1H3,(H,20,22). The number of hydrogen-bond acceptors (Lipinski definition) is 4. The lowest BCUT2D eigenvalue weighted by Gasteiger charge is -2.15. The van der Waals surface area contributed by atoms with Gasteiger partial charge in [0.05, 0.1) is 15.2 Å². The highest BCUT2D eigenvalue weighted by Gasteiger charge is 2.16. The SMILES string of the molecule is CN(CC(=O)NCCc1csc2ccccc12)C(=O)c1ccc(Br)s1. The summed E-state index contributed by atoms with van der Waals surface area (Å²) in [6, 6.07) is 11.9. The maximum Gasteiger partial charge on any atom is 0.264 e. The van der Waals surface area contributed by atoms with Gasteiger partial charge in [-0.2, -0.15) is 0 Å². The molecule has 4 nitrogen and oxygen atoms in total. The molecule has 130 valence electrons. The Morgan fingerprint density at radius 2 is 2.00 bits per heavy atom. The van der Waals surface area contributed by atoms with E-state index in [2.05, 4.69) is 38.8 Å². The highest BCUT2D eigenvalue weighted by molar-refractivity contribution is 9.11. The topological polar surface area (TPSA) is 49.4 Å². The van der Waals surface area contributed by atoms with Gasteiger partial charge in [-0.05, 0) is 56.9 Å². The maximum absolute atomic E-state index is 12.2. The second kappa shape index (κ2) is 8.12. The van der Waals surface area contributed by atoms with Gasteiger partial charge in [-0.3, -0.25) is 9.59 Å². The van der Waals surface area contributed by atoms with Crippen LogP contribution in [0.5, 0.6) is 0 Å². The molecule has 3 rings (SSSR count). The van der Waals surface area contributed by atoms with Gasteiger partial charge in [-0.25, -0.2) is 0 Å². The molecule has 1 N–H and O–H groups in total. The van der Waals surface area contributed by atoms with E-state index in [1.807, 2.05) is 18.2 Å². The molecule has 25 heavy (non-hydrogen) atoms. The lowest BCUT2D eigenvalue weighted by Crippen LogP contribution is -2.38. The summed E-state index contributed by atoms with van der Waals surface area (Å²) in [5.41, 5.74) is 1.24. The number of amides is 2. The molecule has 0 atom stereocenters. The number of halogens is 1. The zero-order valence-electron chi connectivity index (χ0n) is 13.6. The molecule has 0 saturated heterocycles. The van der Waals surface area contributed by atoms with Crippen LogP contribution in [0.2, 0.25) is 0 Å². The van der Waals surface area contributed by atoms with Crippen LogP contribution in [-0.4, -0.2) is 36.9 Å². The minimum atomic E-state index is -0.147. The second-order valence-electron chi connectivity index (χ2n) is 5.62. The van der Waals surface area contributed by atoms with E-state index in [0.29, 0.717) is 11.4 Å². The minimum absolute atomic E-state index is 0.0543. The number of fused-ring (bicyclic) bond motifs is 1. The van der Waals surface area contributed by atoms with Crippen molar-refractivity contribution in [1.82, 2.24) is 10.2 Å². The fraction of sp³-hybridized carbons (Fsp3) is 0.222. The quantitative estimate of drug-likeness (QED) is 0.630. The minimum Gasteiger partial charge on any atom is -0.354 e. The van der Waals surface area contributed by atoms with Gasteiger partial charge in [0, 0.05) is 18.3 Å². The van der Waals surface area contributed by atoms with Crippen LogP contribution in [0, 0.1) is 0 Å². The van der Waals surface area contributed by atoms with Crippen LogP contribution in [0.1, 0.15) is 15.2 Å². The van der Waals surface area contributed by atoms with E-state index in [4.69, 9.17) is 0 Å². The van der Waals surface area contributed by atoms with Gasteiger partial charge < -0.3 is 10.2 Å². The van der Waals surface area contributed by atoms with Gasteiger partial charge in [0.25, 0.3) is 5.91 Å². The van der Waals surface area contributed by atoms with E-state index in [1.54, 1.807) is 24.5 Å². The van der Waals surface area contributed by atoms with E-state index in [9.17, 15) is 9.59 Å². The van der Waals surface area contributed by atoms with Crippen LogP contribution >= 0.6 is 38.6 Å². The zero-order chi connectivity index (χ0) is 17.8. The number of benzene rings is 1. The van der Waals surface area contributed by atoms with Crippen LogP contribution in [0.15, 0.2) is 45.6 Å². The monoisotopic (exact) mass is 436 g/mol. The molecule has 0 bridgehead atoms. The lowest BCUT2D eigenvalue weighted by atomic mass is 10.1. The normalized spacial score (nSPS) is 10.8. The van der Waals surface area contributed by atoms with Gasteiger partial charge >= 0.3 is 0 Å². The number of likely N-dealkylation sites (N-methyl/N-ethyl adjacent to an activating group) is 1. The van der Waals surface area contributed by atoms with Crippen molar-refractivity contribution < 1.29 is 9.59 Å². The first-order valence-corrected chi connectivity index (χ1v) is 10.3. The Kier molecular flexibility index (Phi) is 5.88. The first-order chi connectivity index (χ1) is 12.0. The summed E-state index contributed by atoms with van der Waals surface area (Å²) in [6.07, 6.45) is 0.783.